The molecule has 1 saturated heterocycles. The molecule has 2 N–H and O–H groups in total. The predicted octanol–water partition coefficient (Wildman–Crippen LogP) is 4.59. The first-order valence-corrected chi connectivity index (χ1v) is 10.5. The smallest absolute Gasteiger partial charge is 0.257 e. The second-order valence-corrected chi connectivity index (χ2v) is 7.99. The van der Waals surface area contributed by atoms with Crippen LogP contribution in [0, 0.1) is 0 Å². The van der Waals surface area contributed by atoms with Crippen LogP contribution in [0.3, 0.4) is 0 Å². The number of hydrogen-bond donors (Lipinski definition) is 2. The maximum Gasteiger partial charge on any atom is 0.257 e. The SMILES string of the molecule is O=C(NC(=S)Nc1ccccc1C(=O)N1CCCCCC1)c1ccc(Br)cc1. The van der Waals surface area contributed by atoms with Crippen molar-refractivity contribution in [1.29, 1.82) is 0 Å². The van der Waals surface area contributed by atoms with Gasteiger partial charge in [-0.25, -0.2) is 0 Å². The summed E-state index contributed by atoms with van der Waals surface area (Å²) in [6.45, 7) is 1.55. The molecule has 0 atom stereocenters. The zero-order valence-corrected chi connectivity index (χ0v) is 17.8. The average molecular weight is 460 g/mol. The van der Waals surface area contributed by atoms with Crippen LogP contribution in [-0.2, 0) is 0 Å². The zero-order valence-electron chi connectivity index (χ0n) is 15.4. The number of hydrogen-bond acceptors (Lipinski definition) is 3. The van der Waals surface area contributed by atoms with Crippen molar-refractivity contribution >= 4 is 50.8 Å². The van der Waals surface area contributed by atoms with E-state index in [1.54, 1.807) is 36.4 Å². The number of anilines is 1. The maximum atomic E-state index is 13.0. The molecule has 0 spiro atoms. The fraction of sp³-hybridized carbons (Fsp3) is 0.286. The molecule has 5 nitrogen and oxygen atoms in total. The molecule has 2 aromatic rings. The van der Waals surface area contributed by atoms with Gasteiger partial charge in [0.05, 0.1) is 11.3 Å². The van der Waals surface area contributed by atoms with Crippen molar-refractivity contribution in [3.8, 4) is 0 Å². The Labute approximate surface area is 178 Å². The van der Waals surface area contributed by atoms with Gasteiger partial charge in [0.2, 0.25) is 0 Å². The summed E-state index contributed by atoms with van der Waals surface area (Å²) in [5.41, 5.74) is 1.66. The lowest BCUT2D eigenvalue weighted by Crippen LogP contribution is -2.36. The summed E-state index contributed by atoms with van der Waals surface area (Å²) in [5.74, 6) is -0.312. The van der Waals surface area contributed by atoms with Crippen LogP contribution in [0.2, 0.25) is 0 Å². The average Bonchev–Trinajstić information content (AvgIpc) is 2.98. The highest BCUT2D eigenvalue weighted by Gasteiger charge is 2.20. The van der Waals surface area contributed by atoms with E-state index in [9.17, 15) is 9.59 Å². The Morgan fingerprint density at radius 1 is 0.929 bits per heavy atom. The number of carbonyl (C=O) groups is 2. The number of nitrogens with one attached hydrogen (secondary N) is 2. The number of halogens is 1. The maximum absolute atomic E-state index is 13.0. The third-order valence-electron chi connectivity index (χ3n) is 4.63. The summed E-state index contributed by atoms with van der Waals surface area (Å²) in [5, 5.41) is 5.82. The monoisotopic (exact) mass is 459 g/mol. The van der Waals surface area contributed by atoms with Crippen LogP contribution in [0.1, 0.15) is 46.4 Å². The summed E-state index contributed by atoms with van der Waals surface area (Å²) in [7, 11) is 0. The lowest BCUT2D eigenvalue weighted by atomic mass is 10.1. The first-order valence-electron chi connectivity index (χ1n) is 9.31. The standard InChI is InChI=1S/C21H22BrN3O2S/c22-16-11-9-15(10-12-16)19(26)24-21(28)23-18-8-4-3-7-17(18)20(27)25-13-5-1-2-6-14-25/h3-4,7-12H,1-2,5-6,13-14H2,(H2,23,24,26,28). The van der Waals surface area contributed by atoms with E-state index < -0.39 is 0 Å². The van der Waals surface area contributed by atoms with Gasteiger partial charge in [0.25, 0.3) is 11.8 Å². The zero-order chi connectivity index (χ0) is 19.9. The third-order valence-corrected chi connectivity index (χ3v) is 5.37. The highest BCUT2D eigenvalue weighted by molar-refractivity contribution is 9.10. The van der Waals surface area contributed by atoms with Gasteiger partial charge in [-0.1, -0.05) is 40.9 Å². The Hall–Kier alpha value is -2.25. The van der Waals surface area contributed by atoms with E-state index in [1.165, 1.54) is 0 Å². The number of benzene rings is 2. The van der Waals surface area contributed by atoms with Gasteiger partial charge in [-0.2, -0.15) is 0 Å². The fourth-order valence-corrected chi connectivity index (χ4v) is 3.62. The molecule has 1 aliphatic heterocycles. The molecule has 0 aromatic heterocycles. The molecule has 28 heavy (non-hydrogen) atoms. The number of amides is 2. The Bertz CT molecular complexity index is 862. The first kappa shape index (κ1) is 20.5. The first-order chi connectivity index (χ1) is 13.5. The normalized spacial score (nSPS) is 14.1. The highest BCUT2D eigenvalue weighted by atomic mass is 79.9. The molecule has 3 rings (SSSR count). The number of rotatable bonds is 3. The van der Waals surface area contributed by atoms with E-state index in [2.05, 4.69) is 26.6 Å². The van der Waals surface area contributed by atoms with Gasteiger partial charge in [-0.05, 0) is 61.5 Å². The molecule has 0 aliphatic carbocycles. The van der Waals surface area contributed by atoms with Crippen molar-refractivity contribution in [1.82, 2.24) is 10.2 Å². The molecule has 2 amide bonds. The van der Waals surface area contributed by atoms with Gasteiger partial charge in [-0.3, -0.25) is 14.9 Å². The second-order valence-electron chi connectivity index (χ2n) is 6.67. The van der Waals surface area contributed by atoms with Gasteiger partial charge in [0.15, 0.2) is 5.11 Å². The van der Waals surface area contributed by atoms with E-state index in [4.69, 9.17) is 12.2 Å². The van der Waals surface area contributed by atoms with Crippen LogP contribution in [0.25, 0.3) is 0 Å². The van der Waals surface area contributed by atoms with E-state index >= 15 is 0 Å². The summed E-state index contributed by atoms with van der Waals surface area (Å²) in [6, 6.07) is 14.2. The number of para-hydroxylation sites is 1. The minimum atomic E-state index is -0.304. The van der Waals surface area contributed by atoms with E-state index in [-0.39, 0.29) is 16.9 Å². The van der Waals surface area contributed by atoms with Crippen molar-refractivity contribution in [3.05, 3.63) is 64.1 Å². The van der Waals surface area contributed by atoms with Gasteiger partial charge in [0.1, 0.15) is 0 Å². The Balaban J connectivity index is 1.68. The van der Waals surface area contributed by atoms with Crippen molar-refractivity contribution in [2.24, 2.45) is 0 Å². The van der Waals surface area contributed by atoms with Crippen LogP contribution in [0.5, 0.6) is 0 Å². The summed E-state index contributed by atoms with van der Waals surface area (Å²) < 4.78 is 0.894. The van der Waals surface area contributed by atoms with Crippen LogP contribution < -0.4 is 10.6 Å². The molecule has 146 valence electrons. The fourth-order valence-electron chi connectivity index (χ4n) is 3.15. The van der Waals surface area contributed by atoms with Crippen LogP contribution in [0.4, 0.5) is 5.69 Å². The molecular formula is C21H22BrN3O2S. The summed E-state index contributed by atoms with van der Waals surface area (Å²) in [6.07, 6.45) is 4.39. The Morgan fingerprint density at radius 3 is 2.25 bits per heavy atom. The van der Waals surface area contributed by atoms with Gasteiger partial charge < -0.3 is 10.2 Å². The molecule has 7 heteroatoms. The lowest BCUT2D eigenvalue weighted by molar-refractivity contribution is 0.0762. The van der Waals surface area contributed by atoms with E-state index in [0.29, 0.717) is 16.8 Å². The third kappa shape index (κ3) is 5.39. The largest absolute Gasteiger partial charge is 0.339 e. The predicted molar refractivity (Wildman–Crippen MR) is 119 cm³/mol. The van der Waals surface area contributed by atoms with Gasteiger partial charge in [-0.15, -0.1) is 0 Å². The molecule has 0 radical (unpaired) electrons. The number of nitrogens with zero attached hydrogens (tertiary/aromatic N) is 1. The van der Waals surface area contributed by atoms with Crippen molar-refractivity contribution in [2.75, 3.05) is 18.4 Å². The van der Waals surface area contributed by atoms with Crippen LogP contribution >= 0.6 is 28.1 Å². The van der Waals surface area contributed by atoms with Crippen molar-refractivity contribution in [2.45, 2.75) is 25.7 Å². The molecule has 0 unspecified atom stereocenters. The minimum absolute atomic E-state index is 0.00737. The highest BCUT2D eigenvalue weighted by Crippen LogP contribution is 2.20. The topological polar surface area (TPSA) is 61.4 Å². The minimum Gasteiger partial charge on any atom is -0.339 e. The molecule has 0 saturated carbocycles. The van der Waals surface area contributed by atoms with Crippen LogP contribution in [-0.4, -0.2) is 34.9 Å². The number of thiocarbonyl (C=S) groups is 1. The molecule has 0 bridgehead atoms. The quantitative estimate of drug-likeness (QED) is 0.658. The van der Waals surface area contributed by atoms with Crippen molar-refractivity contribution < 1.29 is 9.59 Å². The number of likely N-dealkylation sites (tertiary alicyclic amines) is 1. The summed E-state index contributed by atoms with van der Waals surface area (Å²) in [4.78, 5) is 27.2. The van der Waals surface area contributed by atoms with E-state index in [0.717, 1.165) is 43.2 Å². The van der Waals surface area contributed by atoms with Gasteiger partial charge in [0, 0.05) is 23.1 Å². The molecule has 1 fully saturated rings. The Morgan fingerprint density at radius 2 is 1.57 bits per heavy atom. The van der Waals surface area contributed by atoms with Gasteiger partial charge >= 0.3 is 0 Å². The summed E-state index contributed by atoms with van der Waals surface area (Å²) >= 11 is 8.63. The molecule has 1 heterocycles. The molecule has 2 aromatic carbocycles. The van der Waals surface area contributed by atoms with Crippen molar-refractivity contribution in [3.63, 3.8) is 0 Å². The molecular weight excluding hydrogens is 438 g/mol. The van der Waals surface area contributed by atoms with Crippen LogP contribution in [0.15, 0.2) is 53.0 Å². The lowest BCUT2D eigenvalue weighted by Gasteiger charge is -2.22. The van der Waals surface area contributed by atoms with E-state index in [1.807, 2.05) is 17.0 Å². The Kier molecular flexibility index (Phi) is 7.17. The molecule has 1 aliphatic rings. The number of carbonyl (C=O) groups excluding carboxylic acids is 2. The second kappa shape index (κ2) is 9.80.